The van der Waals surface area contributed by atoms with Gasteiger partial charge in [-0.2, -0.15) is 0 Å². The van der Waals surface area contributed by atoms with Crippen LogP contribution in [0.4, 0.5) is 5.69 Å². The summed E-state index contributed by atoms with van der Waals surface area (Å²) in [5.74, 6) is 0.739. The molecule has 1 aromatic carbocycles. The molecule has 2 aromatic rings. The van der Waals surface area contributed by atoms with Crippen LogP contribution in [0, 0.1) is 10.1 Å². The Labute approximate surface area is 129 Å². The lowest BCUT2D eigenvalue weighted by Crippen LogP contribution is -1.97. The first-order chi connectivity index (χ1) is 9.60. The van der Waals surface area contributed by atoms with E-state index < -0.39 is 0 Å². The molecule has 0 aliphatic rings. The van der Waals surface area contributed by atoms with Gasteiger partial charge in [0.05, 0.1) is 9.82 Å². The van der Waals surface area contributed by atoms with Crippen LogP contribution >= 0.6 is 27.7 Å². The second-order valence-corrected chi connectivity index (χ2v) is 5.90. The first-order valence-electron chi connectivity index (χ1n) is 6.05. The summed E-state index contributed by atoms with van der Waals surface area (Å²) in [4.78, 5) is 19.9. The summed E-state index contributed by atoms with van der Waals surface area (Å²) < 4.78 is 0.692. The van der Waals surface area contributed by atoms with Gasteiger partial charge in [-0.25, -0.2) is 9.97 Å². The second-order valence-electron chi connectivity index (χ2n) is 4.02. The van der Waals surface area contributed by atoms with Gasteiger partial charge in [0.15, 0.2) is 0 Å². The minimum absolute atomic E-state index is 0.0873. The molecule has 7 heteroatoms. The lowest BCUT2D eigenvalue weighted by molar-refractivity contribution is -0.387. The molecule has 1 aromatic heterocycles. The number of nitrogens with zero attached hydrogens (tertiary/aromatic N) is 3. The summed E-state index contributed by atoms with van der Waals surface area (Å²) in [5, 5.41) is 11.7. The third kappa shape index (κ3) is 3.77. The third-order valence-corrected chi connectivity index (χ3v) is 3.86. The van der Waals surface area contributed by atoms with Gasteiger partial charge in [-0.05, 0) is 28.4 Å². The van der Waals surface area contributed by atoms with E-state index in [4.69, 9.17) is 0 Å². The Hall–Kier alpha value is -1.47. The third-order valence-electron chi connectivity index (χ3n) is 2.47. The van der Waals surface area contributed by atoms with E-state index in [1.807, 2.05) is 0 Å². The lowest BCUT2D eigenvalue weighted by Gasteiger charge is -2.05. The van der Waals surface area contributed by atoms with E-state index in [2.05, 4.69) is 32.8 Å². The van der Waals surface area contributed by atoms with Crippen molar-refractivity contribution in [3.05, 3.63) is 50.9 Å². The molecular formula is C13H12BrN3O2S. The Morgan fingerprint density at radius 2 is 2.10 bits per heavy atom. The van der Waals surface area contributed by atoms with Gasteiger partial charge in [-0.3, -0.25) is 10.1 Å². The highest BCUT2D eigenvalue weighted by molar-refractivity contribution is 9.10. The van der Waals surface area contributed by atoms with E-state index in [1.165, 1.54) is 17.8 Å². The molecule has 20 heavy (non-hydrogen) atoms. The highest BCUT2D eigenvalue weighted by Gasteiger charge is 2.15. The van der Waals surface area contributed by atoms with E-state index in [0.29, 0.717) is 14.5 Å². The first kappa shape index (κ1) is 14.9. The Balaban J connectivity index is 2.32. The van der Waals surface area contributed by atoms with Gasteiger partial charge in [0, 0.05) is 18.6 Å². The van der Waals surface area contributed by atoms with Crippen LogP contribution in [0.25, 0.3) is 0 Å². The van der Waals surface area contributed by atoms with Crippen LogP contribution in [0.15, 0.2) is 44.9 Å². The summed E-state index contributed by atoms with van der Waals surface area (Å²) in [6.07, 6.45) is 1.73. The number of nitro groups is 1. The zero-order valence-corrected chi connectivity index (χ0v) is 13.1. The number of benzene rings is 1. The SMILES string of the molecule is CCCc1nc(Br)cc(Sc2ccccc2[N+](=O)[O-])n1. The zero-order chi connectivity index (χ0) is 14.5. The maximum absolute atomic E-state index is 11.0. The molecule has 1 heterocycles. The van der Waals surface area contributed by atoms with Gasteiger partial charge in [-0.15, -0.1) is 0 Å². The fourth-order valence-corrected chi connectivity index (χ4v) is 3.15. The van der Waals surface area contributed by atoms with Gasteiger partial charge in [0.2, 0.25) is 0 Å². The van der Waals surface area contributed by atoms with E-state index in [9.17, 15) is 10.1 Å². The Kier molecular flexibility index (Phi) is 5.08. The van der Waals surface area contributed by atoms with Gasteiger partial charge in [0.1, 0.15) is 15.5 Å². The van der Waals surface area contributed by atoms with Gasteiger partial charge < -0.3 is 0 Å². The van der Waals surface area contributed by atoms with Crippen molar-refractivity contribution < 1.29 is 4.92 Å². The van der Waals surface area contributed by atoms with Crippen molar-refractivity contribution in [2.45, 2.75) is 29.7 Å². The fraction of sp³-hybridized carbons (Fsp3) is 0.231. The van der Waals surface area contributed by atoms with E-state index >= 15 is 0 Å². The number of para-hydroxylation sites is 1. The molecule has 0 bridgehead atoms. The van der Waals surface area contributed by atoms with E-state index in [1.54, 1.807) is 24.3 Å². The van der Waals surface area contributed by atoms with Crippen molar-refractivity contribution >= 4 is 33.4 Å². The molecule has 0 fully saturated rings. The Bertz CT molecular complexity index is 637. The number of aromatic nitrogens is 2. The lowest BCUT2D eigenvalue weighted by atomic mass is 10.3. The molecule has 0 radical (unpaired) electrons. The average molecular weight is 354 g/mol. The van der Waals surface area contributed by atoms with Crippen LogP contribution in [0.5, 0.6) is 0 Å². The molecule has 0 aliphatic carbocycles. The molecule has 0 aliphatic heterocycles. The summed E-state index contributed by atoms with van der Waals surface area (Å²) in [7, 11) is 0. The number of nitro benzene ring substituents is 1. The van der Waals surface area contributed by atoms with Gasteiger partial charge >= 0.3 is 0 Å². The molecule has 0 N–H and O–H groups in total. The van der Waals surface area contributed by atoms with Crippen molar-refractivity contribution in [1.29, 1.82) is 0 Å². The van der Waals surface area contributed by atoms with Crippen molar-refractivity contribution in [2.24, 2.45) is 0 Å². The van der Waals surface area contributed by atoms with Crippen molar-refractivity contribution in [1.82, 2.24) is 9.97 Å². The predicted molar refractivity (Wildman–Crippen MR) is 80.9 cm³/mol. The molecule has 0 saturated carbocycles. The highest BCUT2D eigenvalue weighted by Crippen LogP contribution is 2.34. The maximum atomic E-state index is 11.0. The Morgan fingerprint density at radius 1 is 1.35 bits per heavy atom. The van der Waals surface area contributed by atoms with E-state index in [0.717, 1.165) is 18.7 Å². The molecule has 0 unspecified atom stereocenters. The Morgan fingerprint density at radius 3 is 2.80 bits per heavy atom. The van der Waals surface area contributed by atoms with Crippen molar-refractivity contribution in [2.75, 3.05) is 0 Å². The number of hydrogen-bond acceptors (Lipinski definition) is 5. The molecular weight excluding hydrogens is 342 g/mol. The van der Waals surface area contributed by atoms with Crippen LogP contribution in [0.2, 0.25) is 0 Å². The second kappa shape index (κ2) is 6.81. The van der Waals surface area contributed by atoms with Gasteiger partial charge in [0.25, 0.3) is 5.69 Å². The largest absolute Gasteiger partial charge is 0.283 e. The van der Waals surface area contributed by atoms with E-state index in [-0.39, 0.29) is 10.6 Å². The molecule has 5 nitrogen and oxygen atoms in total. The van der Waals surface area contributed by atoms with Crippen LogP contribution in [0.1, 0.15) is 19.2 Å². The normalized spacial score (nSPS) is 10.5. The number of aryl methyl sites for hydroxylation is 1. The first-order valence-corrected chi connectivity index (χ1v) is 7.66. The minimum Gasteiger partial charge on any atom is -0.258 e. The quantitative estimate of drug-likeness (QED) is 0.456. The number of halogens is 1. The minimum atomic E-state index is -0.383. The van der Waals surface area contributed by atoms with Gasteiger partial charge in [-0.1, -0.05) is 30.8 Å². The van der Waals surface area contributed by atoms with Crippen LogP contribution in [0.3, 0.4) is 0 Å². The maximum Gasteiger partial charge on any atom is 0.283 e. The monoisotopic (exact) mass is 353 g/mol. The summed E-state index contributed by atoms with van der Waals surface area (Å²) in [6.45, 7) is 2.05. The van der Waals surface area contributed by atoms with Crippen LogP contribution < -0.4 is 0 Å². The molecule has 0 saturated heterocycles. The molecule has 0 amide bonds. The van der Waals surface area contributed by atoms with Crippen LogP contribution in [-0.2, 0) is 6.42 Å². The summed E-state index contributed by atoms with van der Waals surface area (Å²) >= 11 is 4.62. The molecule has 0 spiro atoms. The zero-order valence-electron chi connectivity index (χ0n) is 10.7. The standard InChI is InChI=1S/C13H12BrN3O2S/c1-2-5-12-15-11(14)8-13(16-12)20-10-7-4-3-6-9(10)17(18)19/h3-4,6-8H,2,5H2,1H3. The van der Waals surface area contributed by atoms with Crippen LogP contribution in [-0.4, -0.2) is 14.9 Å². The predicted octanol–water partition coefficient (Wildman–Crippen LogP) is 4.25. The summed E-state index contributed by atoms with van der Waals surface area (Å²) in [5.41, 5.74) is 0.0873. The van der Waals surface area contributed by atoms with Crippen molar-refractivity contribution in [3.63, 3.8) is 0 Å². The average Bonchev–Trinajstić information content (AvgIpc) is 2.38. The highest BCUT2D eigenvalue weighted by atomic mass is 79.9. The number of rotatable bonds is 5. The fourth-order valence-electron chi connectivity index (χ4n) is 1.64. The summed E-state index contributed by atoms with van der Waals surface area (Å²) in [6, 6.07) is 8.41. The van der Waals surface area contributed by atoms with Crippen molar-refractivity contribution in [3.8, 4) is 0 Å². The smallest absolute Gasteiger partial charge is 0.258 e. The topological polar surface area (TPSA) is 68.9 Å². The molecule has 0 atom stereocenters. The molecule has 104 valence electrons. The molecule has 2 rings (SSSR count). The number of hydrogen-bond donors (Lipinski definition) is 0.